The van der Waals surface area contributed by atoms with Crippen molar-refractivity contribution in [1.29, 1.82) is 0 Å². The zero-order valence-corrected chi connectivity index (χ0v) is 13.6. The van der Waals surface area contributed by atoms with Crippen LogP contribution in [0.15, 0.2) is 41.4 Å². The summed E-state index contributed by atoms with van der Waals surface area (Å²) < 4.78 is 28.8. The largest absolute Gasteiger partial charge is 0.271 e. The summed E-state index contributed by atoms with van der Waals surface area (Å²) in [5.41, 5.74) is 1.09. The van der Waals surface area contributed by atoms with Gasteiger partial charge >= 0.3 is 0 Å². The zero-order chi connectivity index (χ0) is 15.7. The molecule has 2 rings (SSSR count). The summed E-state index contributed by atoms with van der Waals surface area (Å²) >= 11 is 0. The Labute approximate surface area is 126 Å². The molecule has 0 aliphatic carbocycles. The van der Waals surface area contributed by atoms with Crippen LogP contribution in [0.2, 0.25) is 0 Å². The zero-order valence-electron chi connectivity index (χ0n) is 12.8. The van der Waals surface area contributed by atoms with Gasteiger partial charge in [-0.1, -0.05) is 32.9 Å². The van der Waals surface area contributed by atoms with Gasteiger partial charge in [0, 0.05) is 18.8 Å². The minimum absolute atomic E-state index is 0.00434. The number of hydrogen-bond donors (Lipinski definition) is 1. The molecule has 1 N–H and O–H groups in total. The van der Waals surface area contributed by atoms with Crippen molar-refractivity contribution in [2.24, 2.45) is 0 Å². The second kappa shape index (κ2) is 5.52. The van der Waals surface area contributed by atoms with E-state index in [0.29, 0.717) is 12.4 Å². The van der Waals surface area contributed by atoms with E-state index in [2.05, 4.69) is 30.6 Å². The van der Waals surface area contributed by atoms with E-state index < -0.39 is 10.0 Å². The van der Waals surface area contributed by atoms with Gasteiger partial charge in [-0.05, 0) is 30.0 Å². The second-order valence-corrected chi connectivity index (χ2v) is 7.62. The van der Waals surface area contributed by atoms with Crippen LogP contribution in [0.5, 0.6) is 0 Å². The van der Waals surface area contributed by atoms with E-state index in [1.807, 2.05) is 19.1 Å². The summed E-state index contributed by atoms with van der Waals surface area (Å²) in [7, 11) is -3.60. The molecule has 0 fully saturated rings. The maximum absolute atomic E-state index is 12.3. The predicted octanol–water partition coefficient (Wildman–Crippen LogP) is 3.00. The number of nitrogens with one attached hydrogen (secondary N) is 1. The number of benzene rings is 1. The summed E-state index contributed by atoms with van der Waals surface area (Å²) in [6.45, 7) is 8.91. The van der Waals surface area contributed by atoms with Crippen LogP contribution in [-0.2, 0) is 22.0 Å². The Balaban J connectivity index is 2.23. The first-order valence-corrected chi connectivity index (χ1v) is 8.37. The standard InChI is InChI=1S/C15H21N3O2S/c1-5-18-11-10-14(16-18)17-21(19,20)13-8-6-12(7-9-13)15(2,3)4/h6-11H,5H2,1-4H3,(H,16,17). The van der Waals surface area contributed by atoms with Crippen molar-refractivity contribution < 1.29 is 8.42 Å². The molecule has 114 valence electrons. The molecule has 0 radical (unpaired) electrons. The Morgan fingerprint density at radius 2 is 1.76 bits per heavy atom. The van der Waals surface area contributed by atoms with Crippen molar-refractivity contribution in [3.8, 4) is 0 Å². The first-order chi connectivity index (χ1) is 9.72. The van der Waals surface area contributed by atoms with Crippen LogP contribution in [0, 0.1) is 0 Å². The summed E-state index contributed by atoms with van der Waals surface area (Å²) in [4.78, 5) is 0.238. The molecule has 0 saturated carbocycles. The molecule has 0 aliphatic rings. The van der Waals surface area contributed by atoms with E-state index in [1.165, 1.54) is 0 Å². The number of aromatic nitrogens is 2. The molecule has 0 aliphatic heterocycles. The van der Waals surface area contributed by atoms with Crippen LogP contribution < -0.4 is 4.72 Å². The van der Waals surface area contributed by atoms with Crippen molar-refractivity contribution in [1.82, 2.24) is 9.78 Å². The van der Waals surface area contributed by atoms with Gasteiger partial charge in [-0.2, -0.15) is 5.10 Å². The monoisotopic (exact) mass is 307 g/mol. The third-order valence-corrected chi connectivity index (χ3v) is 4.60. The number of nitrogens with zero attached hydrogens (tertiary/aromatic N) is 2. The van der Waals surface area contributed by atoms with Gasteiger partial charge in [0.2, 0.25) is 0 Å². The van der Waals surface area contributed by atoms with Gasteiger partial charge in [-0.3, -0.25) is 9.40 Å². The van der Waals surface area contributed by atoms with E-state index in [4.69, 9.17) is 0 Å². The van der Waals surface area contributed by atoms with Crippen LogP contribution in [0.1, 0.15) is 33.3 Å². The molecule has 6 heteroatoms. The Morgan fingerprint density at radius 3 is 2.24 bits per heavy atom. The normalized spacial score (nSPS) is 12.4. The molecule has 1 heterocycles. The SMILES string of the molecule is CCn1ccc(NS(=O)(=O)c2ccc(C(C)(C)C)cc2)n1. The predicted molar refractivity (Wildman–Crippen MR) is 83.9 cm³/mol. The van der Waals surface area contributed by atoms with Gasteiger partial charge in [0.1, 0.15) is 0 Å². The van der Waals surface area contributed by atoms with Gasteiger partial charge in [-0.15, -0.1) is 0 Å². The number of sulfonamides is 1. The fraction of sp³-hybridized carbons (Fsp3) is 0.400. The van der Waals surface area contributed by atoms with Gasteiger partial charge in [-0.25, -0.2) is 8.42 Å². The Bertz CT molecular complexity index is 710. The highest BCUT2D eigenvalue weighted by molar-refractivity contribution is 7.92. The van der Waals surface area contributed by atoms with Gasteiger partial charge in [0.25, 0.3) is 10.0 Å². The lowest BCUT2D eigenvalue weighted by atomic mass is 9.87. The molecule has 5 nitrogen and oxygen atoms in total. The average Bonchev–Trinajstić information content (AvgIpc) is 2.85. The summed E-state index contributed by atoms with van der Waals surface area (Å²) in [6.07, 6.45) is 1.74. The summed E-state index contributed by atoms with van der Waals surface area (Å²) in [5, 5.41) is 4.12. The molecule has 0 unspecified atom stereocenters. The van der Waals surface area contributed by atoms with E-state index in [-0.39, 0.29) is 10.3 Å². The molecule has 1 aromatic carbocycles. The lowest BCUT2D eigenvalue weighted by Crippen LogP contribution is -2.15. The Hall–Kier alpha value is -1.82. The number of anilines is 1. The molecular weight excluding hydrogens is 286 g/mol. The van der Waals surface area contributed by atoms with E-state index in [0.717, 1.165) is 5.56 Å². The first-order valence-electron chi connectivity index (χ1n) is 6.89. The fourth-order valence-electron chi connectivity index (χ4n) is 1.92. The topological polar surface area (TPSA) is 64.0 Å². The molecule has 21 heavy (non-hydrogen) atoms. The lowest BCUT2D eigenvalue weighted by molar-refractivity contribution is 0.587. The molecular formula is C15H21N3O2S. The van der Waals surface area contributed by atoms with Crippen LogP contribution in [0.4, 0.5) is 5.82 Å². The van der Waals surface area contributed by atoms with Crippen molar-refractivity contribution >= 4 is 15.8 Å². The smallest absolute Gasteiger partial charge is 0.263 e. The minimum Gasteiger partial charge on any atom is -0.271 e. The molecule has 0 saturated heterocycles. The molecule has 0 spiro atoms. The maximum Gasteiger partial charge on any atom is 0.263 e. The highest BCUT2D eigenvalue weighted by Gasteiger charge is 2.18. The number of aryl methyl sites for hydroxylation is 1. The Kier molecular flexibility index (Phi) is 4.09. The van der Waals surface area contributed by atoms with Gasteiger partial charge < -0.3 is 0 Å². The molecule has 0 atom stereocenters. The van der Waals surface area contributed by atoms with E-state index >= 15 is 0 Å². The third kappa shape index (κ3) is 3.64. The lowest BCUT2D eigenvalue weighted by Gasteiger charge is -2.19. The van der Waals surface area contributed by atoms with Crippen LogP contribution in [0.3, 0.4) is 0 Å². The van der Waals surface area contributed by atoms with Crippen LogP contribution >= 0.6 is 0 Å². The average molecular weight is 307 g/mol. The van der Waals surface area contributed by atoms with E-state index in [1.54, 1.807) is 29.1 Å². The minimum atomic E-state index is -3.60. The van der Waals surface area contributed by atoms with Crippen LogP contribution in [-0.4, -0.2) is 18.2 Å². The highest BCUT2D eigenvalue weighted by Crippen LogP contribution is 2.24. The van der Waals surface area contributed by atoms with Gasteiger partial charge in [0.05, 0.1) is 4.90 Å². The molecule has 0 amide bonds. The quantitative estimate of drug-likeness (QED) is 0.944. The van der Waals surface area contributed by atoms with Crippen LogP contribution in [0.25, 0.3) is 0 Å². The molecule has 2 aromatic rings. The fourth-order valence-corrected chi connectivity index (χ4v) is 2.92. The third-order valence-electron chi connectivity index (χ3n) is 3.23. The summed E-state index contributed by atoms with van der Waals surface area (Å²) in [6, 6.07) is 8.59. The van der Waals surface area contributed by atoms with Gasteiger partial charge in [0.15, 0.2) is 5.82 Å². The molecule has 1 aromatic heterocycles. The second-order valence-electron chi connectivity index (χ2n) is 5.94. The van der Waals surface area contributed by atoms with Crippen molar-refractivity contribution in [2.75, 3.05) is 4.72 Å². The highest BCUT2D eigenvalue weighted by atomic mass is 32.2. The van der Waals surface area contributed by atoms with Crippen molar-refractivity contribution in [3.05, 3.63) is 42.1 Å². The van der Waals surface area contributed by atoms with Crippen molar-refractivity contribution in [3.63, 3.8) is 0 Å². The molecule has 0 bridgehead atoms. The number of hydrogen-bond acceptors (Lipinski definition) is 3. The Morgan fingerprint density at radius 1 is 1.14 bits per heavy atom. The maximum atomic E-state index is 12.3. The number of rotatable bonds is 4. The summed E-state index contributed by atoms with van der Waals surface area (Å²) in [5.74, 6) is 0.330. The van der Waals surface area contributed by atoms with Crippen molar-refractivity contribution in [2.45, 2.75) is 44.6 Å². The van der Waals surface area contributed by atoms with E-state index in [9.17, 15) is 8.42 Å². The first kappa shape index (κ1) is 15.6.